The highest BCUT2D eigenvalue weighted by Crippen LogP contribution is 2.18. The lowest BCUT2D eigenvalue weighted by Gasteiger charge is -2.19. The normalized spacial score (nSPS) is 16.6. The van der Waals surface area contributed by atoms with Gasteiger partial charge in [0.2, 0.25) is 0 Å². The topological polar surface area (TPSA) is 71.3 Å². The van der Waals surface area contributed by atoms with E-state index in [1.165, 1.54) is 45.0 Å². The zero-order valence-electron chi connectivity index (χ0n) is 12.0. The SMILES string of the molecule is Cc1cc(NCCN2CCCCCC2)ncc1[N+](=O)[O-]. The number of hydrogen-bond donors (Lipinski definition) is 1. The van der Waals surface area contributed by atoms with E-state index in [2.05, 4.69) is 15.2 Å². The Morgan fingerprint density at radius 1 is 1.35 bits per heavy atom. The molecule has 2 rings (SSSR count). The van der Waals surface area contributed by atoms with E-state index in [4.69, 9.17) is 0 Å². The minimum Gasteiger partial charge on any atom is -0.369 e. The van der Waals surface area contributed by atoms with Crippen LogP contribution in [0.2, 0.25) is 0 Å². The van der Waals surface area contributed by atoms with Crippen molar-refractivity contribution < 1.29 is 4.92 Å². The Kier molecular flexibility index (Phi) is 5.29. The van der Waals surface area contributed by atoms with E-state index >= 15 is 0 Å². The summed E-state index contributed by atoms with van der Waals surface area (Å²) in [7, 11) is 0. The molecule has 6 nitrogen and oxygen atoms in total. The van der Waals surface area contributed by atoms with Gasteiger partial charge in [0.25, 0.3) is 5.69 Å². The summed E-state index contributed by atoms with van der Waals surface area (Å²) < 4.78 is 0. The van der Waals surface area contributed by atoms with E-state index in [9.17, 15) is 10.1 Å². The molecule has 0 aromatic carbocycles. The van der Waals surface area contributed by atoms with Crippen LogP contribution >= 0.6 is 0 Å². The maximum Gasteiger partial charge on any atom is 0.290 e. The van der Waals surface area contributed by atoms with Crippen LogP contribution in [-0.2, 0) is 0 Å². The van der Waals surface area contributed by atoms with Gasteiger partial charge < -0.3 is 10.2 Å². The standard InChI is InChI=1S/C14H22N4O2/c1-12-10-14(16-11-13(12)18(19)20)15-6-9-17-7-4-2-3-5-8-17/h10-11H,2-9H2,1H3,(H,15,16). The molecule has 0 bridgehead atoms. The van der Waals surface area contributed by atoms with Gasteiger partial charge in [-0.05, 0) is 38.9 Å². The van der Waals surface area contributed by atoms with E-state index in [1.807, 2.05) is 0 Å². The predicted octanol–water partition coefficient (Wildman–Crippen LogP) is 2.59. The number of nitrogens with zero attached hydrogens (tertiary/aromatic N) is 3. The Labute approximate surface area is 119 Å². The van der Waals surface area contributed by atoms with Gasteiger partial charge >= 0.3 is 0 Å². The van der Waals surface area contributed by atoms with Gasteiger partial charge in [0, 0.05) is 18.7 Å². The fourth-order valence-electron chi connectivity index (χ4n) is 2.54. The summed E-state index contributed by atoms with van der Waals surface area (Å²) in [5.74, 6) is 0.711. The van der Waals surface area contributed by atoms with Crippen molar-refractivity contribution in [3.05, 3.63) is 27.9 Å². The van der Waals surface area contributed by atoms with Crippen molar-refractivity contribution in [1.29, 1.82) is 0 Å². The molecule has 0 aliphatic carbocycles. The first kappa shape index (κ1) is 14.7. The third-order valence-corrected chi connectivity index (χ3v) is 3.71. The highest BCUT2D eigenvalue weighted by molar-refractivity contribution is 5.46. The smallest absolute Gasteiger partial charge is 0.290 e. The molecule has 6 heteroatoms. The maximum absolute atomic E-state index is 10.7. The van der Waals surface area contributed by atoms with E-state index in [-0.39, 0.29) is 5.69 Å². The Balaban J connectivity index is 1.81. The zero-order chi connectivity index (χ0) is 14.4. The molecule has 1 fully saturated rings. The highest BCUT2D eigenvalue weighted by Gasteiger charge is 2.12. The van der Waals surface area contributed by atoms with Crippen LogP contribution in [0.15, 0.2) is 12.3 Å². The summed E-state index contributed by atoms with van der Waals surface area (Å²) in [5, 5.41) is 14.0. The lowest BCUT2D eigenvalue weighted by molar-refractivity contribution is -0.385. The van der Waals surface area contributed by atoms with Crippen molar-refractivity contribution in [2.75, 3.05) is 31.5 Å². The molecule has 2 heterocycles. The van der Waals surface area contributed by atoms with Crippen LogP contribution in [-0.4, -0.2) is 41.0 Å². The number of nitrogens with one attached hydrogen (secondary N) is 1. The van der Waals surface area contributed by atoms with Crippen LogP contribution < -0.4 is 5.32 Å². The molecule has 0 saturated carbocycles. The van der Waals surface area contributed by atoms with Gasteiger partial charge in [0.1, 0.15) is 12.0 Å². The molecule has 110 valence electrons. The molecule has 0 radical (unpaired) electrons. The molecule has 1 N–H and O–H groups in total. The summed E-state index contributed by atoms with van der Waals surface area (Å²) in [6.07, 6.45) is 6.58. The molecule has 1 aliphatic rings. The van der Waals surface area contributed by atoms with Crippen LogP contribution in [0.25, 0.3) is 0 Å². The van der Waals surface area contributed by atoms with Gasteiger partial charge in [-0.2, -0.15) is 0 Å². The van der Waals surface area contributed by atoms with Crippen molar-refractivity contribution in [1.82, 2.24) is 9.88 Å². The molecule has 1 aliphatic heterocycles. The maximum atomic E-state index is 10.7. The summed E-state index contributed by atoms with van der Waals surface area (Å²) in [5.41, 5.74) is 0.713. The second-order valence-electron chi connectivity index (χ2n) is 5.30. The third kappa shape index (κ3) is 4.16. The summed E-state index contributed by atoms with van der Waals surface area (Å²) >= 11 is 0. The number of hydrogen-bond acceptors (Lipinski definition) is 5. The summed E-state index contributed by atoms with van der Waals surface area (Å²) in [6.45, 7) is 5.91. The number of nitro groups is 1. The fraction of sp³-hybridized carbons (Fsp3) is 0.643. The van der Waals surface area contributed by atoms with Crippen LogP contribution in [0, 0.1) is 17.0 Å². The molecule has 1 aromatic heterocycles. The first-order valence-corrected chi connectivity index (χ1v) is 7.24. The number of aromatic nitrogens is 1. The van der Waals surface area contributed by atoms with Gasteiger partial charge in [-0.3, -0.25) is 10.1 Å². The molecule has 20 heavy (non-hydrogen) atoms. The molecule has 0 amide bonds. The third-order valence-electron chi connectivity index (χ3n) is 3.71. The number of likely N-dealkylation sites (tertiary alicyclic amines) is 1. The average molecular weight is 278 g/mol. The largest absolute Gasteiger partial charge is 0.369 e. The molecular weight excluding hydrogens is 256 g/mol. The second-order valence-corrected chi connectivity index (χ2v) is 5.30. The quantitative estimate of drug-likeness (QED) is 0.662. The Bertz CT molecular complexity index is 456. The fourth-order valence-corrected chi connectivity index (χ4v) is 2.54. The molecule has 0 unspecified atom stereocenters. The minimum atomic E-state index is -0.399. The van der Waals surface area contributed by atoms with Crippen LogP contribution in [0.4, 0.5) is 11.5 Å². The van der Waals surface area contributed by atoms with Gasteiger partial charge in [0.15, 0.2) is 0 Å². The van der Waals surface area contributed by atoms with E-state index in [0.717, 1.165) is 13.1 Å². The van der Waals surface area contributed by atoms with Crippen molar-refractivity contribution >= 4 is 11.5 Å². The summed E-state index contributed by atoms with van der Waals surface area (Å²) in [4.78, 5) is 16.9. The second kappa shape index (κ2) is 7.19. The van der Waals surface area contributed by atoms with Gasteiger partial charge in [0.05, 0.1) is 4.92 Å². The first-order chi connectivity index (χ1) is 9.66. The lowest BCUT2D eigenvalue weighted by Crippen LogP contribution is -2.30. The monoisotopic (exact) mass is 278 g/mol. The van der Waals surface area contributed by atoms with Crippen molar-refractivity contribution in [2.45, 2.75) is 32.6 Å². The molecular formula is C14H22N4O2. The van der Waals surface area contributed by atoms with Crippen molar-refractivity contribution in [2.24, 2.45) is 0 Å². The van der Waals surface area contributed by atoms with Gasteiger partial charge in [-0.25, -0.2) is 4.98 Å². The first-order valence-electron chi connectivity index (χ1n) is 7.24. The number of aryl methyl sites for hydroxylation is 1. The van der Waals surface area contributed by atoms with Crippen LogP contribution in [0.5, 0.6) is 0 Å². The minimum absolute atomic E-state index is 0.0723. The Hall–Kier alpha value is -1.69. The van der Waals surface area contributed by atoms with Crippen molar-refractivity contribution in [3.8, 4) is 0 Å². The number of pyridine rings is 1. The summed E-state index contributed by atoms with van der Waals surface area (Å²) in [6, 6.07) is 1.74. The molecule has 1 saturated heterocycles. The lowest BCUT2D eigenvalue weighted by atomic mass is 10.2. The molecule has 0 atom stereocenters. The number of anilines is 1. The van der Waals surface area contributed by atoms with Crippen molar-refractivity contribution in [3.63, 3.8) is 0 Å². The zero-order valence-corrected chi connectivity index (χ0v) is 12.0. The highest BCUT2D eigenvalue weighted by atomic mass is 16.6. The average Bonchev–Trinajstić information content (AvgIpc) is 2.67. The predicted molar refractivity (Wildman–Crippen MR) is 79.0 cm³/mol. The Morgan fingerprint density at radius 2 is 2.05 bits per heavy atom. The van der Waals surface area contributed by atoms with E-state index < -0.39 is 4.92 Å². The van der Waals surface area contributed by atoms with E-state index in [1.54, 1.807) is 13.0 Å². The number of rotatable bonds is 5. The van der Waals surface area contributed by atoms with Gasteiger partial charge in [-0.1, -0.05) is 12.8 Å². The molecule has 0 spiro atoms. The van der Waals surface area contributed by atoms with Crippen LogP contribution in [0.3, 0.4) is 0 Å². The van der Waals surface area contributed by atoms with E-state index in [0.29, 0.717) is 11.4 Å². The van der Waals surface area contributed by atoms with Gasteiger partial charge in [-0.15, -0.1) is 0 Å². The Morgan fingerprint density at radius 3 is 2.65 bits per heavy atom. The van der Waals surface area contributed by atoms with Crippen LogP contribution in [0.1, 0.15) is 31.2 Å². The molecule has 1 aromatic rings.